The lowest BCUT2D eigenvalue weighted by Crippen LogP contribution is -2.26. The number of halogens is 1. The van der Waals surface area contributed by atoms with E-state index in [1.54, 1.807) is 14.2 Å². The molecule has 126 valence electrons. The largest absolute Gasteiger partial charge is 0.497 e. The van der Waals surface area contributed by atoms with Crippen molar-refractivity contribution in [3.05, 3.63) is 77.4 Å². The first-order valence-electron chi connectivity index (χ1n) is 8.30. The van der Waals surface area contributed by atoms with E-state index in [2.05, 4.69) is 36.5 Å². The summed E-state index contributed by atoms with van der Waals surface area (Å²) in [5.41, 5.74) is 3.28. The lowest BCUT2D eigenvalue weighted by Gasteiger charge is -2.33. The summed E-state index contributed by atoms with van der Waals surface area (Å²) in [5.74, 6) is 0.832. The Labute approximate surface area is 149 Å². The van der Waals surface area contributed by atoms with Gasteiger partial charge in [0.2, 0.25) is 0 Å². The Morgan fingerprint density at radius 1 is 1.00 bits per heavy atom. The highest BCUT2D eigenvalue weighted by Crippen LogP contribution is 2.47. The molecule has 3 rings (SSSR count). The molecule has 2 aliphatic rings. The van der Waals surface area contributed by atoms with Crippen LogP contribution in [-0.2, 0) is 9.61 Å². The SMILES string of the molecule is COc1ccc(C(Cl)(C2=CCCC=C2)C2=CCC(OC)C=C2)cc1. The van der Waals surface area contributed by atoms with E-state index in [0.717, 1.165) is 41.7 Å². The highest BCUT2D eigenvalue weighted by molar-refractivity contribution is 6.28. The van der Waals surface area contributed by atoms with E-state index < -0.39 is 4.87 Å². The van der Waals surface area contributed by atoms with Gasteiger partial charge in [0.1, 0.15) is 10.6 Å². The fourth-order valence-corrected chi connectivity index (χ4v) is 3.63. The molecule has 0 aromatic heterocycles. The van der Waals surface area contributed by atoms with Gasteiger partial charge in [-0.1, -0.05) is 48.6 Å². The molecule has 0 aliphatic heterocycles. The fourth-order valence-electron chi connectivity index (χ4n) is 3.22. The van der Waals surface area contributed by atoms with Crippen LogP contribution < -0.4 is 4.74 Å². The minimum Gasteiger partial charge on any atom is -0.497 e. The first-order valence-corrected chi connectivity index (χ1v) is 8.68. The van der Waals surface area contributed by atoms with Gasteiger partial charge in [0, 0.05) is 7.11 Å². The number of ether oxygens (including phenoxy) is 2. The maximum absolute atomic E-state index is 7.29. The number of rotatable bonds is 5. The summed E-state index contributed by atoms with van der Waals surface area (Å²) in [7, 11) is 3.41. The Morgan fingerprint density at radius 2 is 1.75 bits per heavy atom. The molecule has 0 saturated carbocycles. The zero-order valence-corrected chi connectivity index (χ0v) is 14.9. The lowest BCUT2D eigenvalue weighted by atomic mass is 9.79. The van der Waals surface area contributed by atoms with E-state index in [4.69, 9.17) is 21.1 Å². The first-order chi connectivity index (χ1) is 11.7. The second-order valence-electron chi connectivity index (χ2n) is 6.05. The van der Waals surface area contributed by atoms with Crippen LogP contribution in [0.2, 0.25) is 0 Å². The molecule has 2 atom stereocenters. The molecule has 1 aromatic rings. The molecule has 2 unspecified atom stereocenters. The number of methoxy groups -OCH3 is 2. The molecule has 0 saturated heterocycles. The monoisotopic (exact) mass is 342 g/mol. The van der Waals surface area contributed by atoms with Crippen LogP contribution in [-0.4, -0.2) is 20.3 Å². The molecular weight excluding hydrogens is 320 g/mol. The van der Waals surface area contributed by atoms with E-state index in [1.165, 1.54) is 0 Å². The third-order valence-electron chi connectivity index (χ3n) is 4.64. The minimum atomic E-state index is -0.682. The predicted molar refractivity (Wildman–Crippen MR) is 99.6 cm³/mol. The summed E-state index contributed by atoms with van der Waals surface area (Å²) in [6.45, 7) is 0. The van der Waals surface area contributed by atoms with Crippen molar-refractivity contribution in [1.29, 1.82) is 0 Å². The molecule has 3 heteroatoms. The highest BCUT2D eigenvalue weighted by Gasteiger charge is 2.37. The van der Waals surface area contributed by atoms with E-state index in [0.29, 0.717) is 0 Å². The van der Waals surface area contributed by atoms with Crippen LogP contribution in [0, 0.1) is 0 Å². The van der Waals surface area contributed by atoms with Crippen LogP contribution in [0.4, 0.5) is 0 Å². The molecule has 0 fully saturated rings. The summed E-state index contributed by atoms with van der Waals surface area (Å²) >= 11 is 7.29. The van der Waals surface area contributed by atoms with E-state index in [1.807, 2.05) is 24.3 Å². The van der Waals surface area contributed by atoms with Crippen molar-refractivity contribution in [3.8, 4) is 5.75 Å². The van der Waals surface area contributed by atoms with Gasteiger partial charge in [-0.05, 0) is 48.1 Å². The normalized spacial score (nSPS) is 22.5. The van der Waals surface area contributed by atoms with Crippen molar-refractivity contribution in [2.24, 2.45) is 0 Å². The van der Waals surface area contributed by atoms with Crippen LogP contribution in [0.15, 0.2) is 71.9 Å². The predicted octanol–water partition coefficient (Wildman–Crippen LogP) is 5.31. The van der Waals surface area contributed by atoms with Gasteiger partial charge in [0.15, 0.2) is 0 Å². The Balaban J connectivity index is 2.04. The minimum absolute atomic E-state index is 0.126. The van der Waals surface area contributed by atoms with E-state index in [9.17, 15) is 0 Å². The molecule has 0 N–H and O–H groups in total. The summed E-state index contributed by atoms with van der Waals surface area (Å²) in [6, 6.07) is 8.02. The third-order valence-corrected chi connectivity index (χ3v) is 5.30. The van der Waals surface area contributed by atoms with Gasteiger partial charge in [-0.25, -0.2) is 0 Å². The molecule has 2 aliphatic carbocycles. The van der Waals surface area contributed by atoms with Gasteiger partial charge in [-0.3, -0.25) is 0 Å². The second-order valence-corrected chi connectivity index (χ2v) is 6.62. The Kier molecular flexibility index (Phi) is 5.27. The van der Waals surface area contributed by atoms with Crippen LogP contribution in [0.3, 0.4) is 0 Å². The number of hydrogen-bond donors (Lipinski definition) is 0. The van der Waals surface area contributed by atoms with Crippen molar-refractivity contribution in [2.75, 3.05) is 14.2 Å². The second kappa shape index (κ2) is 7.42. The van der Waals surface area contributed by atoms with Gasteiger partial charge in [0.05, 0.1) is 13.2 Å². The fraction of sp³-hybridized carbons (Fsp3) is 0.333. The highest BCUT2D eigenvalue weighted by atomic mass is 35.5. The van der Waals surface area contributed by atoms with Crippen molar-refractivity contribution in [1.82, 2.24) is 0 Å². The van der Waals surface area contributed by atoms with Crippen molar-refractivity contribution >= 4 is 11.6 Å². The maximum Gasteiger partial charge on any atom is 0.119 e. The van der Waals surface area contributed by atoms with Gasteiger partial charge < -0.3 is 9.47 Å². The molecule has 2 nitrogen and oxygen atoms in total. The Hall–Kier alpha value is -1.77. The smallest absolute Gasteiger partial charge is 0.119 e. The van der Waals surface area contributed by atoms with Crippen LogP contribution in [0.25, 0.3) is 0 Å². The molecule has 0 radical (unpaired) electrons. The summed E-state index contributed by atoms with van der Waals surface area (Å²) in [6.07, 6.45) is 16.0. The lowest BCUT2D eigenvalue weighted by molar-refractivity contribution is 0.142. The van der Waals surface area contributed by atoms with E-state index in [-0.39, 0.29) is 6.10 Å². The zero-order valence-electron chi connectivity index (χ0n) is 14.2. The first kappa shape index (κ1) is 17.1. The zero-order chi connectivity index (χ0) is 17.0. The van der Waals surface area contributed by atoms with E-state index >= 15 is 0 Å². The number of allylic oxidation sites excluding steroid dienone is 6. The molecule has 0 spiro atoms. The molecule has 1 aromatic carbocycles. The maximum atomic E-state index is 7.29. The summed E-state index contributed by atoms with van der Waals surface area (Å²) in [5, 5.41) is 0. The van der Waals surface area contributed by atoms with Crippen LogP contribution in [0.1, 0.15) is 24.8 Å². The summed E-state index contributed by atoms with van der Waals surface area (Å²) in [4.78, 5) is -0.682. The quantitative estimate of drug-likeness (QED) is 0.675. The third kappa shape index (κ3) is 3.22. The average Bonchev–Trinajstić information content (AvgIpc) is 2.68. The van der Waals surface area contributed by atoms with Gasteiger partial charge in [-0.15, -0.1) is 11.6 Å². The average molecular weight is 343 g/mol. The van der Waals surface area contributed by atoms with Gasteiger partial charge in [-0.2, -0.15) is 0 Å². The van der Waals surface area contributed by atoms with Gasteiger partial charge in [0.25, 0.3) is 0 Å². The van der Waals surface area contributed by atoms with Crippen LogP contribution in [0.5, 0.6) is 5.75 Å². The summed E-state index contributed by atoms with van der Waals surface area (Å²) < 4.78 is 10.7. The van der Waals surface area contributed by atoms with Crippen molar-refractivity contribution in [2.45, 2.75) is 30.2 Å². The molecule has 0 heterocycles. The molecular formula is C21H23ClO2. The standard InChI is InChI=1S/C21H23ClO2/c1-23-19-12-8-17(9-13-19)21(22,16-6-4-3-5-7-16)18-10-14-20(24-2)15-11-18/h4,6-14,20H,3,5,15H2,1-2H3. The number of alkyl halides is 1. The van der Waals surface area contributed by atoms with Crippen LogP contribution >= 0.6 is 11.6 Å². The van der Waals surface area contributed by atoms with Crippen molar-refractivity contribution in [3.63, 3.8) is 0 Å². The Morgan fingerprint density at radius 3 is 2.29 bits per heavy atom. The van der Waals surface area contributed by atoms with Crippen molar-refractivity contribution < 1.29 is 9.47 Å². The molecule has 0 bridgehead atoms. The topological polar surface area (TPSA) is 18.5 Å². The number of benzene rings is 1. The van der Waals surface area contributed by atoms with Gasteiger partial charge >= 0.3 is 0 Å². The molecule has 24 heavy (non-hydrogen) atoms. The molecule has 0 amide bonds. The Bertz CT molecular complexity index is 697. The number of hydrogen-bond acceptors (Lipinski definition) is 2.